The number of aromatic amines is 1. The van der Waals surface area contributed by atoms with E-state index < -0.39 is 0 Å². The molecule has 3 nitrogen and oxygen atoms in total. The minimum absolute atomic E-state index is 0.446. The highest BCUT2D eigenvalue weighted by Crippen LogP contribution is 2.46. The number of aromatic nitrogens is 2. The molecule has 3 N–H and O–H groups in total. The van der Waals surface area contributed by atoms with Gasteiger partial charge in [-0.15, -0.1) is 0 Å². The van der Waals surface area contributed by atoms with Gasteiger partial charge in [-0.1, -0.05) is 39.0 Å². The third-order valence-corrected chi connectivity index (χ3v) is 6.31. The molecule has 0 amide bonds. The van der Waals surface area contributed by atoms with E-state index in [1.54, 1.807) is 0 Å². The van der Waals surface area contributed by atoms with Gasteiger partial charge in [-0.2, -0.15) is 0 Å². The van der Waals surface area contributed by atoms with Gasteiger partial charge in [-0.05, 0) is 43.1 Å². The largest absolute Gasteiger partial charge is 0.340 e. The smallest absolute Gasteiger partial charge is 0.165 e. The van der Waals surface area contributed by atoms with E-state index in [1.807, 2.05) is 24.2 Å². The number of thioether (sulfide) groups is 1. The maximum absolute atomic E-state index is 5.97. The van der Waals surface area contributed by atoms with Crippen molar-refractivity contribution in [3.8, 4) is 0 Å². The zero-order chi connectivity index (χ0) is 13.9. The van der Waals surface area contributed by atoms with Gasteiger partial charge in [-0.25, -0.2) is 4.98 Å². The van der Waals surface area contributed by atoms with Crippen molar-refractivity contribution >= 4 is 11.8 Å². The summed E-state index contributed by atoms with van der Waals surface area (Å²) in [6.45, 7) is 7.94. The van der Waals surface area contributed by atoms with Crippen LogP contribution in [0.4, 0.5) is 0 Å². The summed E-state index contributed by atoms with van der Waals surface area (Å²) in [6, 6.07) is 0. The number of nitrogens with zero attached hydrogens (tertiary/aromatic N) is 1. The van der Waals surface area contributed by atoms with Crippen LogP contribution in [0.1, 0.15) is 46.5 Å². The van der Waals surface area contributed by atoms with Gasteiger partial charge in [0.15, 0.2) is 5.16 Å². The summed E-state index contributed by atoms with van der Waals surface area (Å²) in [4.78, 5) is 7.56. The molecule has 0 spiro atoms. The van der Waals surface area contributed by atoms with Gasteiger partial charge in [0.05, 0.1) is 0 Å². The molecule has 0 saturated heterocycles. The van der Waals surface area contributed by atoms with Gasteiger partial charge in [0.25, 0.3) is 0 Å². The number of nitrogens with one attached hydrogen (secondary N) is 1. The van der Waals surface area contributed by atoms with Crippen molar-refractivity contribution in [1.29, 1.82) is 0 Å². The average Bonchev–Trinajstić information content (AvgIpc) is 2.91. The molecule has 1 aromatic heterocycles. The minimum atomic E-state index is 0.446. The Hall–Kier alpha value is -0.480. The van der Waals surface area contributed by atoms with Crippen LogP contribution in [-0.2, 0) is 0 Å². The summed E-state index contributed by atoms with van der Waals surface area (Å²) in [5.74, 6) is 1.45. The fourth-order valence-electron chi connectivity index (χ4n) is 3.06. The molecule has 3 atom stereocenters. The Morgan fingerprint density at radius 2 is 2.26 bits per heavy atom. The van der Waals surface area contributed by atoms with Crippen molar-refractivity contribution in [2.45, 2.75) is 56.9 Å². The van der Waals surface area contributed by atoms with Gasteiger partial charge in [0.1, 0.15) is 0 Å². The van der Waals surface area contributed by atoms with Crippen LogP contribution in [0.3, 0.4) is 0 Å². The lowest BCUT2D eigenvalue weighted by atomic mass is 9.67. The first kappa shape index (κ1) is 14.9. The zero-order valence-corrected chi connectivity index (χ0v) is 13.2. The number of imidazole rings is 1. The molecule has 1 saturated carbocycles. The van der Waals surface area contributed by atoms with Crippen LogP contribution >= 0.6 is 11.8 Å². The molecule has 1 fully saturated rings. The highest BCUT2D eigenvalue weighted by Gasteiger charge is 2.37. The van der Waals surface area contributed by atoms with Crippen LogP contribution in [0.25, 0.3) is 0 Å². The van der Waals surface area contributed by atoms with Gasteiger partial charge in [0, 0.05) is 17.6 Å². The number of rotatable bonds is 5. The molecular weight excluding hydrogens is 254 g/mol. The lowest BCUT2D eigenvalue weighted by Gasteiger charge is -2.42. The Labute approximate surface area is 121 Å². The molecule has 1 aliphatic carbocycles. The molecular formula is C15H27N3S. The fourth-order valence-corrected chi connectivity index (χ4v) is 4.38. The van der Waals surface area contributed by atoms with E-state index in [0.29, 0.717) is 16.6 Å². The molecule has 2 rings (SSSR count). The third-order valence-electron chi connectivity index (χ3n) is 4.98. The zero-order valence-electron chi connectivity index (χ0n) is 12.4. The number of H-pyrrole nitrogens is 1. The van der Waals surface area contributed by atoms with Gasteiger partial charge >= 0.3 is 0 Å². The molecule has 19 heavy (non-hydrogen) atoms. The topological polar surface area (TPSA) is 54.7 Å². The van der Waals surface area contributed by atoms with Crippen molar-refractivity contribution in [3.05, 3.63) is 12.4 Å². The van der Waals surface area contributed by atoms with Gasteiger partial charge < -0.3 is 10.7 Å². The number of hydrogen-bond donors (Lipinski definition) is 2. The van der Waals surface area contributed by atoms with E-state index in [0.717, 1.165) is 17.6 Å². The first-order valence-electron chi connectivity index (χ1n) is 7.43. The van der Waals surface area contributed by atoms with Crippen molar-refractivity contribution in [3.63, 3.8) is 0 Å². The Morgan fingerprint density at radius 3 is 2.84 bits per heavy atom. The molecule has 0 radical (unpaired) electrons. The lowest BCUT2D eigenvalue weighted by molar-refractivity contribution is 0.134. The summed E-state index contributed by atoms with van der Waals surface area (Å²) < 4.78 is 0. The Balaban J connectivity index is 2.04. The lowest BCUT2D eigenvalue weighted by Crippen LogP contribution is -2.37. The Kier molecular flexibility index (Phi) is 4.96. The van der Waals surface area contributed by atoms with E-state index in [9.17, 15) is 0 Å². The SMILES string of the molecule is CCC(C)(C)C1CCC(CN)C(Sc2ncc[nH]2)C1. The molecule has 1 aromatic rings. The standard InChI is InChI=1S/C15H27N3S/c1-4-15(2,3)12-6-5-11(10-16)13(9-12)19-14-17-7-8-18-14/h7-8,11-13H,4-6,9-10,16H2,1-3H3,(H,17,18). The van der Waals surface area contributed by atoms with E-state index in [4.69, 9.17) is 5.73 Å². The van der Waals surface area contributed by atoms with Crippen LogP contribution in [-0.4, -0.2) is 21.8 Å². The van der Waals surface area contributed by atoms with E-state index in [-0.39, 0.29) is 0 Å². The molecule has 0 aromatic carbocycles. The summed E-state index contributed by atoms with van der Waals surface area (Å²) in [7, 11) is 0. The molecule has 0 bridgehead atoms. The summed E-state index contributed by atoms with van der Waals surface area (Å²) >= 11 is 1.89. The average molecular weight is 281 g/mol. The highest BCUT2D eigenvalue weighted by atomic mass is 32.2. The first-order valence-corrected chi connectivity index (χ1v) is 8.31. The van der Waals surface area contributed by atoms with Crippen molar-refractivity contribution < 1.29 is 0 Å². The first-order chi connectivity index (χ1) is 9.06. The third kappa shape index (κ3) is 3.54. The molecule has 1 aliphatic rings. The highest BCUT2D eigenvalue weighted by molar-refractivity contribution is 7.99. The Bertz CT molecular complexity index is 375. The van der Waals surface area contributed by atoms with Crippen molar-refractivity contribution in [1.82, 2.24) is 9.97 Å². The summed E-state index contributed by atoms with van der Waals surface area (Å²) in [6.07, 6.45) is 8.85. The van der Waals surface area contributed by atoms with Crippen LogP contribution in [0.15, 0.2) is 17.6 Å². The second-order valence-electron chi connectivity index (χ2n) is 6.40. The number of nitrogens with two attached hydrogens (primary N) is 1. The van der Waals surface area contributed by atoms with Crippen LogP contribution < -0.4 is 5.73 Å². The van der Waals surface area contributed by atoms with Crippen LogP contribution in [0, 0.1) is 17.3 Å². The predicted molar refractivity (Wildman–Crippen MR) is 82.2 cm³/mol. The monoisotopic (exact) mass is 281 g/mol. The molecule has 0 aliphatic heterocycles. The predicted octanol–water partition coefficient (Wildman–Crippen LogP) is 3.68. The van der Waals surface area contributed by atoms with Crippen LogP contribution in [0.5, 0.6) is 0 Å². The summed E-state index contributed by atoms with van der Waals surface area (Å²) in [5, 5.41) is 1.65. The maximum atomic E-state index is 5.97. The molecule has 108 valence electrons. The second-order valence-corrected chi connectivity index (χ2v) is 7.63. The summed E-state index contributed by atoms with van der Waals surface area (Å²) in [5.41, 5.74) is 6.41. The normalized spacial score (nSPS) is 28.5. The van der Waals surface area contributed by atoms with Crippen molar-refractivity contribution in [2.24, 2.45) is 23.0 Å². The molecule has 3 unspecified atom stereocenters. The van der Waals surface area contributed by atoms with Gasteiger partial charge in [-0.3, -0.25) is 0 Å². The molecule has 1 heterocycles. The minimum Gasteiger partial charge on any atom is -0.340 e. The quantitative estimate of drug-likeness (QED) is 0.865. The van der Waals surface area contributed by atoms with E-state index in [1.165, 1.54) is 25.7 Å². The second kappa shape index (κ2) is 6.31. The number of hydrogen-bond acceptors (Lipinski definition) is 3. The van der Waals surface area contributed by atoms with Crippen molar-refractivity contribution in [2.75, 3.05) is 6.54 Å². The fraction of sp³-hybridized carbons (Fsp3) is 0.800. The molecule has 4 heteroatoms. The van der Waals surface area contributed by atoms with E-state index >= 15 is 0 Å². The van der Waals surface area contributed by atoms with Crippen LogP contribution in [0.2, 0.25) is 0 Å². The van der Waals surface area contributed by atoms with E-state index in [2.05, 4.69) is 30.7 Å². The Morgan fingerprint density at radius 1 is 1.47 bits per heavy atom. The van der Waals surface area contributed by atoms with Gasteiger partial charge in [0.2, 0.25) is 0 Å². The maximum Gasteiger partial charge on any atom is 0.165 e.